The maximum atomic E-state index is 11.3. The van der Waals surface area contributed by atoms with Gasteiger partial charge in [0.1, 0.15) is 11.5 Å². The van der Waals surface area contributed by atoms with Gasteiger partial charge in [0.25, 0.3) is 0 Å². The van der Waals surface area contributed by atoms with Crippen LogP contribution in [0.2, 0.25) is 0 Å². The van der Waals surface area contributed by atoms with Crippen LogP contribution in [0.5, 0.6) is 11.5 Å². The number of carbonyl (C=O) groups is 1. The molecule has 168 valence electrons. The van der Waals surface area contributed by atoms with Crippen LogP contribution in [0.15, 0.2) is 78.9 Å². The third-order valence-electron chi connectivity index (χ3n) is 5.01. The highest BCUT2D eigenvalue weighted by Gasteiger charge is 2.25. The Bertz CT molecular complexity index is 936. The van der Waals surface area contributed by atoms with E-state index < -0.39 is 12.1 Å². The lowest BCUT2D eigenvalue weighted by Gasteiger charge is -2.11. The summed E-state index contributed by atoms with van der Waals surface area (Å²) in [7, 11) is 0. The summed E-state index contributed by atoms with van der Waals surface area (Å²) < 4.78 is 16.9. The Labute approximate surface area is 189 Å². The Morgan fingerprint density at radius 2 is 1.31 bits per heavy atom. The minimum atomic E-state index is -0.712. The maximum absolute atomic E-state index is 11.3. The summed E-state index contributed by atoms with van der Waals surface area (Å²) in [6.45, 7) is 3.37. The first kappa shape index (κ1) is 23.4. The van der Waals surface area contributed by atoms with Crippen LogP contribution in [0.4, 0.5) is 0 Å². The highest BCUT2D eigenvalue weighted by Crippen LogP contribution is 2.17. The molecule has 2 N–H and O–H groups in total. The van der Waals surface area contributed by atoms with E-state index in [2.05, 4.69) is 36.4 Å². The second kappa shape index (κ2) is 12.5. The van der Waals surface area contributed by atoms with Gasteiger partial charge in [0.05, 0.1) is 13.2 Å². The molecule has 0 aliphatic carbocycles. The van der Waals surface area contributed by atoms with Crippen LogP contribution in [0, 0.1) is 0 Å². The smallest absolute Gasteiger partial charge is 0.545 e. The Balaban J connectivity index is 1.35. The summed E-state index contributed by atoms with van der Waals surface area (Å²) in [6, 6.07) is 26.2. The third kappa shape index (κ3) is 7.75. The number of rotatable bonds is 13. The van der Waals surface area contributed by atoms with Crippen LogP contribution in [0.3, 0.4) is 0 Å². The molecule has 0 aromatic heterocycles. The van der Waals surface area contributed by atoms with Gasteiger partial charge in [-0.3, -0.25) is 0 Å². The highest BCUT2D eigenvalue weighted by molar-refractivity contribution is 5.72. The van der Waals surface area contributed by atoms with Crippen molar-refractivity contribution < 1.29 is 24.1 Å². The molecule has 1 atom stereocenters. The number of carbonyl (C=O) groups excluding carboxylic acids is 1. The monoisotopic (exact) mass is 435 g/mol. The van der Waals surface area contributed by atoms with E-state index in [1.807, 2.05) is 49.4 Å². The fraction of sp³-hybridized carbons (Fsp3) is 0.296. The van der Waals surface area contributed by atoms with E-state index in [1.165, 1.54) is 11.1 Å². The van der Waals surface area contributed by atoms with E-state index in [0.29, 0.717) is 26.2 Å². The first-order valence-electron chi connectivity index (χ1n) is 11.0. The molecule has 0 unspecified atom stereocenters. The topological polar surface area (TPSA) is 67.7 Å². The molecule has 5 nitrogen and oxygen atoms in total. The molecule has 0 heterocycles. The Hall–Kier alpha value is -3.31. The fourth-order valence-electron chi connectivity index (χ4n) is 3.34. The average Bonchev–Trinajstić information content (AvgIpc) is 2.81. The van der Waals surface area contributed by atoms with Gasteiger partial charge in [-0.25, -0.2) is 0 Å². The summed E-state index contributed by atoms with van der Waals surface area (Å²) in [6.07, 6.45) is 1.37. The molecule has 0 aliphatic rings. The standard InChI is InChI=1S/C27H30O5/c1-2-30-26(27(28)29)20-23-11-15-25(16-12-23)32-18-6-17-31-24-13-9-22(10-14-24)19-21-7-4-3-5-8-21/h3-5,7-16,26H,2,6,17-20H2,1H3,(H,28,29)/p+1/t26-/m0/s1. The molecule has 0 aliphatic heterocycles. The second-order valence-electron chi connectivity index (χ2n) is 7.51. The minimum absolute atomic E-state index is 0.397. The molecule has 0 fully saturated rings. The zero-order chi connectivity index (χ0) is 22.6. The van der Waals surface area contributed by atoms with Crippen LogP contribution >= 0.6 is 0 Å². The first-order valence-corrected chi connectivity index (χ1v) is 11.0. The van der Waals surface area contributed by atoms with Gasteiger partial charge in [0.15, 0.2) is 0 Å². The van der Waals surface area contributed by atoms with Crippen molar-refractivity contribution >= 4 is 5.97 Å². The third-order valence-corrected chi connectivity index (χ3v) is 5.01. The molecule has 0 bridgehead atoms. The SMILES string of the molecule is CCO[C@@H](Cc1ccc(OCCCOc2ccc(Cc3ccccc3)cc2)cc1)C(=O)[OH2+]. The van der Waals surface area contributed by atoms with Crippen molar-refractivity contribution in [2.75, 3.05) is 19.8 Å². The van der Waals surface area contributed by atoms with Crippen LogP contribution in [0.25, 0.3) is 0 Å². The molecule has 3 aromatic rings. The van der Waals surface area contributed by atoms with E-state index >= 15 is 0 Å². The van der Waals surface area contributed by atoms with E-state index in [9.17, 15) is 4.79 Å². The van der Waals surface area contributed by atoms with Crippen molar-refractivity contribution in [1.29, 1.82) is 0 Å². The van der Waals surface area contributed by atoms with Gasteiger partial charge in [0.2, 0.25) is 6.10 Å². The molecule has 3 rings (SSSR count). The van der Waals surface area contributed by atoms with E-state index in [0.717, 1.165) is 29.9 Å². The predicted molar refractivity (Wildman–Crippen MR) is 125 cm³/mol. The van der Waals surface area contributed by atoms with Crippen molar-refractivity contribution in [2.45, 2.75) is 32.3 Å². The Morgan fingerprint density at radius 1 is 0.781 bits per heavy atom. The van der Waals surface area contributed by atoms with E-state index in [4.69, 9.17) is 19.3 Å². The molecule has 0 radical (unpaired) electrons. The van der Waals surface area contributed by atoms with E-state index in [-0.39, 0.29) is 0 Å². The molecule has 5 heteroatoms. The average molecular weight is 436 g/mol. The summed E-state index contributed by atoms with van der Waals surface area (Å²) in [5.41, 5.74) is 3.50. The fourth-order valence-corrected chi connectivity index (χ4v) is 3.34. The summed E-state index contributed by atoms with van der Waals surface area (Å²) in [5.74, 6) is 0.932. The first-order chi connectivity index (χ1) is 15.6. The largest absolute Gasteiger partial charge is 0.563 e. The van der Waals surface area contributed by atoms with Crippen molar-refractivity contribution in [1.82, 2.24) is 0 Å². The molecule has 32 heavy (non-hydrogen) atoms. The predicted octanol–water partition coefficient (Wildman–Crippen LogP) is 4.32. The zero-order valence-electron chi connectivity index (χ0n) is 18.5. The minimum Gasteiger partial charge on any atom is -0.563 e. The van der Waals surface area contributed by atoms with Crippen molar-refractivity contribution in [3.05, 3.63) is 95.6 Å². The summed E-state index contributed by atoms with van der Waals surface area (Å²) in [4.78, 5) is 11.3. The number of ether oxygens (including phenoxy) is 3. The molecule has 0 saturated heterocycles. The summed E-state index contributed by atoms with van der Waals surface area (Å²) in [5, 5.41) is 7.28. The lowest BCUT2D eigenvalue weighted by atomic mass is 10.1. The van der Waals surface area contributed by atoms with Gasteiger partial charge in [-0.1, -0.05) is 54.6 Å². The van der Waals surface area contributed by atoms with Gasteiger partial charge in [-0.2, -0.15) is 0 Å². The highest BCUT2D eigenvalue weighted by atomic mass is 16.5. The summed E-state index contributed by atoms with van der Waals surface area (Å²) >= 11 is 0. The van der Waals surface area contributed by atoms with Gasteiger partial charge in [-0.15, -0.1) is 0 Å². The maximum Gasteiger partial charge on any atom is 0.545 e. The molecule has 3 aromatic carbocycles. The number of hydrogen-bond acceptors (Lipinski definition) is 4. The van der Waals surface area contributed by atoms with Crippen LogP contribution in [-0.2, 0) is 22.4 Å². The molecule has 0 saturated carbocycles. The quantitative estimate of drug-likeness (QED) is 0.296. The lowest BCUT2D eigenvalue weighted by molar-refractivity contribution is -0.149. The van der Waals surface area contributed by atoms with Gasteiger partial charge < -0.3 is 19.3 Å². The Kier molecular flexibility index (Phi) is 9.14. The van der Waals surface area contributed by atoms with Crippen LogP contribution in [0.1, 0.15) is 30.0 Å². The molecular weight excluding hydrogens is 404 g/mol. The zero-order valence-corrected chi connectivity index (χ0v) is 18.5. The van der Waals surface area contributed by atoms with Crippen molar-refractivity contribution in [3.63, 3.8) is 0 Å². The van der Waals surface area contributed by atoms with Crippen molar-refractivity contribution in [3.8, 4) is 11.5 Å². The number of benzene rings is 3. The van der Waals surface area contributed by atoms with Gasteiger partial charge in [-0.05, 0) is 54.3 Å². The molecular formula is C27H31O5+. The second-order valence-corrected chi connectivity index (χ2v) is 7.51. The van der Waals surface area contributed by atoms with Crippen LogP contribution in [-0.4, -0.2) is 37.0 Å². The van der Waals surface area contributed by atoms with E-state index in [1.54, 1.807) is 0 Å². The lowest BCUT2D eigenvalue weighted by Crippen LogP contribution is -2.26. The van der Waals surface area contributed by atoms with Gasteiger partial charge >= 0.3 is 5.97 Å². The van der Waals surface area contributed by atoms with Crippen molar-refractivity contribution in [2.24, 2.45) is 0 Å². The van der Waals surface area contributed by atoms with Gasteiger partial charge in [0, 0.05) is 24.2 Å². The number of hydrogen-bond donors (Lipinski definition) is 0. The molecule has 0 spiro atoms. The normalized spacial score (nSPS) is 11.7. The molecule has 0 amide bonds. The Morgan fingerprint density at radius 3 is 1.84 bits per heavy atom. The van der Waals surface area contributed by atoms with Crippen LogP contribution < -0.4 is 9.47 Å².